The number of nitrogens with two attached hydrogens (primary N) is 1. The van der Waals surface area contributed by atoms with E-state index >= 15 is 0 Å². The number of nitrogens with zero attached hydrogens (tertiary/aromatic N) is 3. The number of fused-ring (bicyclic) bond motifs is 1. The van der Waals surface area contributed by atoms with Crippen LogP contribution in [0.15, 0.2) is 36.4 Å². The average molecular weight is 250 g/mol. The van der Waals surface area contributed by atoms with Gasteiger partial charge in [0.05, 0.1) is 11.2 Å². The van der Waals surface area contributed by atoms with Crippen LogP contribution in [-0.2, 0) is 0 Å². The van der Waals surface area contributed by atoms with Crippen LogP contribution in [-0.4, -0.2) is 15.2 Å². The predicted octanol–water partition coefficient (Wildman–Crippen LogP) is 2.89. The van der Waals surface area contributed by atoms with Crippen molar-refractivity contribution in [2.45, 2.75) is 13.8 Å². The second-order valence-electron chi connectivity index (χ2n) is 4.57. The van der Waals surface area contributed by atoms with E-state index in [4.69, 9.17) is 5.73 Å². The molecule has 0 aliphatic heterocycles. The van der Waals surface area contributed by atoms with Crippen molar-refractivity contribution < 1.29 is 0 Å². The Morgan fingerprint density at radius 1 is 0.895 bits per heavy atom. The zero-order valence-corrected chi connectivity index (χ0v) is 10.9. The highest BCUT2D eigenvalue weighted by Crippen LogP contribution is 2.25. The van der Waals surface area contributed by atoms with Gasteiger partial charge in [0.25, 0.3) is 0 Å². The Balaban J connectivity index is 2.22. The maximum absolute atomic E-state index is 5.76. The molecule has 0 amide bonds. The van der Waals surface area contributed by atoms with Gasteiger partial charge in [-0.05, 0) is 37.1 Å². The number of pyridine rings is 1. The lowest BCUT2D eigenvalue weighted by atomic mass is 10.1. The van der Waals surface area contributed by atoms with E-state index < -0.39 is 0 Å². The van der Waals surface area contributed by atoms with Crippen molar-refractivity contribution in [3.05, 3.63) is 47.5 Å². The molecule has 19 heavy (non-hydrogen) atoms. The summed E-state index contributed by atoms with van der Waals surface area (Å²) < 4.78 is 0. The third-order valence-corrected chi connectivity index (χ3v) is 3.40. The van der Waals surface area contributed by atoms with E-state index in [9.17, 15) is 0 Å². The van der Waals surface area contributed by atoms with E-state index in [1.807, 2.05) is 50.2 Å². The third kappa shape index (κ3) is 1.91. The number of hydrogen-bond acceptors (Lipinski definition) is 4. The van der Waals surface area contributed by atoms with Crippen molar-refractivity contribution in [2.24, 2.45) is 0 Å². The van der Waals surface area contributed by atoms with Crippen LogP contribution in [0.1, 0.15) is 11.1 Å². The fraction of sp³-hybridized carbons (Fsp3) is 0.133. The monoisotopic (exact) mass is 250 g/mol. The Morgan fingerprint density at radius 2 is 1.68 bits per heavy atom. The number of aromatic nitrogens is 3. The summed E-state index contributed by atoms with van der Waals surface area (Å²) in [5, 5.41) is 9.28. The molecule has 2 N–H and O–H groups in total. The maximum atomic E-state index is 5.76. The van der Waals surface area contributed by atoms with Crippen molar-refractivity contribution in [3.8, 4) is 11.4 Å². The Hall–Kier alpha value is -2.49. The Kier molecular flexibility index (Phi) is 2.63. The molecular formula is C15H14N4. The molecule has 0 radical (unpaired) electrons. The lowest BCUT2D eigenvalue weighted by Gasteiger charge is -2.08. The van der Waals surface area contributed by atoms with Gasteiger partial charge < -0.3 is 5.73 Å². The lowest BCUT2D eigenvalue weighted by Crippen LogP contribution is -2.02. The Bertz CT molecular complexity index is 765. The quantitative estimate of drug-likeness (QED) is 0.721. The molecule has 0 fully saturated rings. The Labute approximate surface area is 111 Å². The molecular weight excluding hydrogens is 236 g/mol. The summed E-state index contributed by atoms with van der Waals surface area (Å²) in [6.07, 6.45) is 0. The van der Waals surface area contributed by atoms with Gasteiger partial charge in [0.15, 0.2) is 0 Å². The van der Waals surface area contributed by atoms with Crippen LogP contribution in [0, 0.1) is 13.8 Å². The smallest absolute Gasteiger partial charge is 0.149 e. The lowest BCUT2D eigenvalue weighted by molar-refractivity contribution is 1.01. The van der Waals surface area contributed by atoms with Crippen molar-refractivity contribution in [3.63, 3.8) is 0 Å². The minimum Gasteiger partial charge on any atom is -0.382 e. The highest BCUT2D eigenvalue weighted by atomic mass is 15.1. The molecule has 4 nitrogen and oxygen atoms in total. The first-order chi connectivity index (χ1) is 9.16. The molecule has 4 heteroatoms. The highest BCUT2D eigenvalue weighted by molar-refractivity contribution is 5.81. The third-order valence-electron chi connectivity index (χ3n) is 3.40. The van der Waals surface area contributed by atoms with E-state index in [2.05, 4.69) is 15.2 Å². The van der Waals surface area contributed by atoms with Crippen LogP contribution in [0.5, 0.6) is 0 Å². The topological polar surface area (TPSA) is 64.7 Å². The fourth-order valence-electron chi connectivity index (χ4n) is 2.06. The SMILES string of the molecule is Cc1c(N)nnc(-c2ccc3ccccc3n2)c1C. The van der Waals surface area contributed by atoms with Gasteiger partial charge in [-0.1, -0.05) is 24.3 Å². The molecule has 2 aromatic heterocycles. The summed E-state index contributed by atoms with van der Waals surface area (Å²) in [5.74, 6) is 0.474. The van der Waals surface area contributed by atoms with E-state index in [-0.39, 0.29) is 0 Å². The number of anilines is 1. The van der Waals surface area contributed by atoms with Crippen molar-refractivity contribution in [1.29, 1.82) is 0 Å². The maximum Gasteiger partial charge on any atom is 0.149 e. The molecule has 94 valence electrons. The van der Waals surface area contributed by atoms with Gasteiger partial charge in [-0.3, -0.25) is 0 Å². The van der Waals surface area contributed by atoms with Gasteiger partial charge in [-0.15, -0.1) is 10.2 Å². The second-order valence-corrected chi connectivity index (χ2v) is 4.57. The first-order valence-electron chi connectivity index (χ1n) is 6.12. The molecule has 0 saturated carbocycles. The number of nitrogen functional groups attached to an aromatic ring is 1. The minimum atomic E-state index is 0.474. The van der Waals surface area contributed by atoms with Crippen LogP contribution in [0.4, 0.5) is 5.82 Å². The number of para-hydroxylation sites is 1. The highest BCUT2D eigenvalue weighted by Gasteiger charge is 2.11. The van der Waals surface area contributed by atoms with Crippen molar-refractivity contribution in [1.82, 2.24) is 15.2 Å². The van der Waals surface area contributed by atoms with E-state index in [0.717, 1.165) is 33.4 Å². The molecule has 0 bridgehead atoms. The van der Waals surface area contributed by atoms with Crippen LogP contribution in [0.3, 0.4) is 0 Å². The van der Waals surface area contributed by atoms with Crippen LogP contribution in [0.2, 0.25) is 0 Å². The van der Waals surface area contributed by atoms with Crippen LogP contribution >= 0.6 is 0 Å². The summed E-state index contributed by atoms with van der Waals surface area (Å²) in [4.78, 5) is 4.63. The van der Waals surface area contributed by atoms with E-state index in [0.29, 0.717) is 5.82 Å². The summed E-state index contributed by atoms with van der Waals surface area (Å²) in [6, 6.07) is 12.0. The molecule has 0 atom stereocenters. The molecule has 0 spiro atoms. The van der Waals surface area contributed by atoms with Gasteiger partial charge in [0.1, 0.15) is 11.5 Å². The molecule has 3 aromatic rings. The van der Waals surface area contributed by atoms with Crippen molar-refractivity contribution in [2.75, 3.05) is 5.73 Å². The zero-order chi connectivity index (χ0) is 13.4. The first kappa shape index (κ1) is 11.6. The number of rotatable bonds is 1. The molecule has 0 aliphatic carbocycles. The largest absolute Gasteiger partial charge is 0.382 e. The van der Waals surface area contributed by atoms with Gasteiger partial charge in [0.2, 0.25) is 0 Å². The normalized spacial score (nSPS) is 10.8. The van der Waals surface area contributed by atoms with Crippen LogP contribution in [0.25, 0.3) is 22.3 Å². The number of hydrogen-bond donors (Lipinski definition) is 1. The van der Waals surface area contributed by atoms with E-state index in [1.165, 1.54) is 0 Å². The summed E-state index contributed by atoms with van der Waals surface area (Å²) in [5.41, 5.74) is 10.3. The molecule has 0 saturated heterocycles. The van der Waals surface area contributed by atoms with Gasteiger partial charge >= 0.3 is 0 Å². The second kappa shape index (κ2) is 4.31. The molecule has 2 heterocycles. The predicted molar refractivity (Wildman–Crippen MR) is 76.7 cm³/mol. The van der Waals surface area contributed by atoms with Crippen LogP contribution < -0.4 is 5.73 Å². The van der Waals surface area contributed by atoms with E-state index in [1.54, 1.807) is 0 Å². The summed E-state index contributed by atoms with van der Waals surface area (Å²) in [6.45, 7) is 3.94. The molecule has 1 aromatic carbocycles. The summed E-state index contributed by atoms with van der Waals surface area (Å²) in [7, 11) is 0. The van der Waals surface area contributed by atoms with Gasteiger partial charge in [-0.2, -0.15) is 0 Å². The number of benzene rings is 1. The van der Waals surface area contributed by atoms with Crippen molar-refractivity contribution >= 4 is 16.7 Å². The summed E-state index contributed by atoms with van der Waals surface area (Å²) >= 11 is 0. The molecule has 0 aliphatic rings. The minimum absolute atomic E-state index is 0.474. The average Bonchev–Trinajstić information content (AvgIpc) is 2.44. The standard InChI is InChI=1S/C15H14N4/c1-9-10(2)15(16)19-18-14(9)13-8-7-11-5-3-4-6-12(11)17-13/h3-8H,1-2H3,(H2,16,19). The Morgan fingerprint density at radius 3 is 2.53 bits per heavy atom. The zero-order valence-electron chi connectivity index (χ0n) is 10.9. The van der Waals surface area contributed by atoms with Gasteiger partial charge in [0, 0.05) is 5.39 Å². The molecule has 3 rings (SSSR count). The molecule has 0 unspecified atom stereocenters. The fourth-order valence-corrected chi connectivity index (χ4v) is 2.06. The first-order valence-corrected chi connectivity index (χ1v) is 6.12. The van der Waals surface area contributed by atoms with Gasteiger partial charge in [-0.25, -0.2) is 4.98 Å².